The fraction of sp³-hybridized carbons (Fsp3) is 0.391. The standard InChI is InChI=1S/C23H26N2O4/c1-3-15(2)18-6-4-5-7-19(18)25-14-16(12-22(25)26)23(27)24-17-8-9-20-21(13-17)29-11-10-28-20/h4-9,13,15-16H,3,10-12,14H2,1-2H3,(H,24,27)/t15-,16+/m1/s1. The lowest BCUT2D eigenvalue weighted by molar-refractivity contribution is -0.122. The lowest BCUT2D eigenvalue weighted by atomic mass is 9.96. The molecule has 6 nitrogen and oxygen atoms in total. The fourth-order valence-corrected chi connectivity index (χ4v) is 3.85. The molecule has 0 bridgehead atoms. The highest BCUT2D eigenvalue weighted by molar-refractivity contribution is 6.04. The molecule has 0 radical (unpaired) electrons. The number of hydrogen-bond acceptors (Lipinski definition) is 4. The van der Waals surface area contributed by atoms with Crippen molar-refractivity contribution in [1.29, 1.82) is 0 Å². The van der Waals surface area contributed by atoms with Crippen molar-refractivity contribution in [3.8, 4) is 11.5 Å². The van der Waals surface area contributed by atoms with E-state index in [1.54, 1.807) is 23.1 Å². The molecule has 2 aromatic carbocycles. The van der Waals surface area contributed by atoms with Gasteiger partial charge in [-0.25, -0.2) is 0 Å². The molecule has 0 spiro atoms. The van der Waals surface area contributed by atoms with Crippen LogP contribution in [-0.2, 0) is 9.59 Å². The first kappa shape index (κ1) is 19.3. The van der Waals surface area contributed by atoms with Crippen LogP contribution in [0.5, 0.6) is 11.5 Å². The molecule has 1 N–H and O–H groups in total. The van der Waals surface area contributed by atoms with E-state index in [1.807, 2.05) is 18.2 Å². The van der Waals surface area contributed by atoms with Gasteiger partial charge in [-0.3, -0.25) is 9.59 Å². The van der Waals surface area contributed by atoms with Gasteiger partial charge in [0.25, 0.3) is 0 Å². The molecule has 2 aromatic rings. The molecule has 0 aromatic heterocycles. The number of nitrogens with zero attached hydrogens (tertiary/aromatic N) is 1. The Morgan fingerprint density at radius 1 is 1.17 bits per heavy atom. The molecule has 2 aliphatic rings. The second-order valence-electron chi connectivity index (χ2n) is 7.62. The summed E-state index contributed by atoms with van der Waals surface area (Å²) in [6.07, 6.45) is 1.21. The van der Waals surface area contributed by atoms with E-state index in [1.165, 1.54) is 0 Å². The maximum Gasteiger partial charge on any atom is 0.229 e. The van der Waals surface area contributed by atoms with Gasteiger partial charge in [0.15, 0.2) is 11.5 Å². The highest BCUT2D eigenvalue weighted by atomic mass is 16.6. The Morgan fingerprint density at radius 2 is 1.93 bits per heavy atom. The molecule has 1 fully saturated rings. The zero-order valence-electron chi connectivity index (χ0n) is 16.8. The molecule has 2 amide bonds. The van der Waals surface area contributed by atoms with Gasteiger partial charge in [-0.15, -0.1) is 0 Å². The summed E-state index contributed by atoms with van der Waals surface area (Å²) in [6.45, 7) is 5.70. The van der Waals surface area contributed by atoms with Crippen LogP contribution in [0.3, 0.4) is 0 Å². The number of hydrogen-bond donors (Lipinski definition) is 1. The summed E-state index contributed by atoms with van der Waals surface area (Å²) in [6, 6.07) is 13.3. The van der Waals surface area contributed by atoms with Gasteiger partial charge in [0, 0.05) is 30.4 Å². The van der Waals surface area contributed by atoms with E-state index in [-0.39, 0.29) is 24.2 Å². The van der Waals surface area contributed by atoms with Gasteiger partial charge in [-0.1, -0.05) is 32.0 Å². The van der Waals surface area contributed by atoms with Crippen molar-refractivity contribution in [3.63, 3.8) is 0 Å². The van der Waals surface area contributed by atoms with Gasteiger partial charge in [0.05, 0.1) is 5.92 Å². The SMILES string of the molecule is CC[C@@H](C)c1ccccc1N1C[C@@H](C(=O)Nc2ccc3c(c2)OCCO3)CC1=O. The van der Waals surface area contributed by atoms with Gasteiger partial charge in [-0.05, 0) is 36.1 Å². The Morgan fingerprint density at radius 3 is 2.72 bits per heavy atom. The van der Waals surface area contributed by atoms with Gasteiger partial charge < -0.3 is 19.7 Å². The van der Waals surface area contributed by atoms with Crippen LogP contribution in [0.1, 0.15) is 38.2 Å². The number of fused-ring (bicyclic) bond motifs is 1. The van der Waals surface area contributed by atoms with Crippen LogP contribution >= 0.6 is 0 Å². The molecule has 2 atom stereocenters. The number of nitrogens with one attached hydrogen (secondary N) is 1. The predicted octanol–water partition coefficient (Wildman–Crippen LogP) is 3.96. The van der Waals surface area contributed by atoms with Crippen molar-refractivity contribution in [2.75, 3.05) is 30.0 Å². The van der Waals surface area contributed by atoms with Crippen molar-refractivity contribution >= 4 is 23.2 Å². The first-order valence-electron chi connectivity index (χ1n) is 10.2. The van der Waals surface area contributed by atoms with Crippen molar-refractivity contribution in [2.45, 2.75) is 32.6 Å². The van der Waals surface area contributed by atoms with E-state index in [9.17, 15) is 9.59 Å². The second-order valence-corrected chi connectivity index (χ2v) is 7.62. The fourth-order valence-electron chi connectivity index (χ4n) is 3.85. The van der Waals surface area contributed by atoms with E-state index < -0.39 is 0 Å². The van der Waals surface area contributed by atoms with Crippen LogP contribution in [0.15, 0.2) is 42.5 Å². The Labute approximate surface area is 170 Å². The number of carbonyl (C=O) groups excluding carboxylic acids is 2. The predicted molar refractivity (Wildman–Crippen MR) is 112 cm³/mol. The number of para-hydroxylation sites is 1. The van der Waals surface area contributed by atoms with Gasteiger partial charge in [0.1, 0.15) is 13.2 Å². The van der Waals surface area contributed by atoms with Crippen LogP contribution in [0.25, 0.3) is 0 Å². The van der Waals surface area contributed by atoms with E-state index in [4.69, 9.17) is 9.47 Å². The minimum absolute atomic E-state index is 0.0110. The molecular weight excluding hydrogens is 368 g/mol. The van der Waals surface area contributed by atoms with Crippen LogP contribution < -0.4 is 19.7 Å². The Hall–Kier alpha value is -3.02. The number of carbonyl (C=O) groups is 2. The Kier molecular flexibility index (Phi) is 5.43. The van der Waals surface area contributed by atoms with E-state index >= 15 is 0 Å². The molecule has 4 rings (SSSR count). The van der Waals surface area contributed by atoms with Crippen molar-refractivity contribution in [3.05, 3.63) is 48.0 Å². The molecule has 0 saturated carbocycles. The summed E-state index contributed by atoms with van der Waals surface area (Å²) in [4.78, 5) is 27.3. The van der Waals surface area contributed by atoms with Gasteiger partial charge in [0.2, 0.25) is 11.8 Å². The largest absolute Gasteiger partial charge is 0.486 e. The summed E-state index contributed by atoms with van der Waals surface area (Å²) in [5, 5.41) is 2.92. The quantitative estimate of drug-likeness (QED) is 0.833. The summed E-state index contributed by atoms with van der Waals surface area (Å²) in [5.74, 6) is 1.10. The summed E-state index contributed by atoms with van der Waals surface area (Å²) in [7, 11) is 0. The van der Waals surface area contributed by atoms with Crippen LogP contribution in [0, 0.1) is 5.92 Å². The van der Waals surface area contributed by atoms with Gasteiger partial charge >= 0.3 is 0 Å². The van der Waals surface area contributed by atoms with Crippen LogP contribution in [-0.4, -0.2) is 31.6 Å². The highest BCUT2D eigenvalue weighted by Crippen LogP contribution is 2.35. The molecule has 1 saturated heterocycles. The minimum Gasteiger partial charge on any atom is -0.486 e. The third-order valence-electron chi connectivity index (χ3n) is 5.68. The monoisotopic (exact) mass is 394 g/mol. The molecule has 0 aliphatic carbocycles. The Bertz CT molecular complexity index is 927. The zero-order chi connectivity index (χ0) is 20.4. The summed E-state index contributed by atoms with van der Waals surface area (Å²) < 4.78 is 11.1. The topological polar surface area (TPSA) is 67.9 Å². The molecular formula is C23H26N2O4. The van der Waals surface area contributed by atoms with Gasteiger partial charge in [-0.2, -0.15) is 0 Å². The average Bonchev–Trinajstić information content (AvgIpc) is 3.14. The van der Waals surface area contributed by atoms with Crippen molar-refractivity contribution in [2.24, 2.45) is 5.92 Å². The third kappa shape index (κ3) is 3.92. The highest BCUT2D eigenvalue weighted by Gasteiger charge is 2.36. The number of amides is 2. The van der Waals surface area contributed by atoms with Crippen molar-refractivity contribution < 1.29 is 19.1 Å². The van der Waals surface area contributed by atoms with Crippen LogP contribution in [0.4, 0.5) is 11.4 Å². The molecule has 152 valence electrons. The van der Waals surface area contributed by atoms with E-state index in [2.05, 4.69) is 25.2 Å². The maximum atomic E-state index is 12.8. The number of anilines is 2. The number of benzene rings is 2. The smallest absolute Gasteiger partial charge is 0.229 e. The average molecular weight is 394 g/mol. The summed E-state index contributed by atoms with van der Waals surface area (Å²) in [5.41, 5.74) is 2.71. The Balaban J connectivity index is 1.48. The lowest BCUT2D eigenvalue weighted by Gasteiger charge is -2.23. The molecule has 0 unspecified atom stereocenters. The zero-order valence-corrected chi connectivity index (χ0v) is 16.8. The molecule has 2 heterocycles. The normalized spacial score (nSPS) is 19.2. The number of ether oxygens (including phenoxy) is 2. The molecule has 6 heteroatoms. The van der Waals surface area contributed by atoms with Crippen LogP contribution in [0.2, 0.25) is 0 Å². The summed E-state index contributed by atoms with van der Waals surface area (Å²) >= 11 is 0. The third-order valence-corrected chi connectivity index (χ3v) is 5.68. The maximum absolute atomic E-state index is 12.8. The number of rotatable bonds is 5. The second kappa shape index (κ2) is 8.15. The first-order chi connectivity index (χ1) is 14.1. The minimum atomic E-state index is -0.388. The molecule has 29 heavy (non-hydrogen) atoms. The first-order valence-corrected chi connectivity index (χ1v) is 10.2. The van der Waals surface area contributed by atoms with Crippen molar-refractivity contribution in [1.82, 2.24) is 0 Å². The molecule has 2 aliphatic heterocycles. The van der Waals surface area contributed by atoms with E-state index in [0.717, 1.165) is 17.7 Å². The van der Waals surface area contributed by atoms with E-state index in [0.29, 0.717) is 42.9 Å². The lowest BCUT2D eigenvalue weighted by Crippen LogP contribution is -2.29.